The van der Waals surface area contributed by atoms with Crippen LogP contribution in [-0.4, -0.2) is 70.3 Å². The van der Waals surface area contributed by atoms with Crippen LogP contribution in [0.1, 0.15) is 31.9 Å². The van der Waals surface area contributed by atoms with E-state index in [0.29, 0.717) is 13.2 Å². The van der Waals surface area contributed by atoms with Crippen LogP contribution in [0.25, 0.3) is 0 Å². The Morgan fingerprint density at radius 1 is 0.763 bits per heavy atom. The zero-order chi connectivity index (χ0) is 27.4. The normalized spacial score (nSPS) is 23.6. The van der Waals surface area contributed by atoms with Gasteiger partial charge in [0.1, 0.15) is 24.4 Å². The van der Waals surface area contributed by atoms with E-state index in [-0.39, 0.29) is 6.61 Å². The molecule has 2 aromatic carbocycles. The van der Waals surface area contributed by atoms with Crippen molar-refractivity contribution in [3.63, 3.8) is 0 Å². The molecule has 0 aromatic heterocycles. The third-order valence-corrected chi connectivity index (χ3v) is 6.00. The van der Waals surface area contributed by atoms with E-state index in [0.717, 1.165) is 11.1 Å². The van der Waals surface area contributed by atoms with E-state index in [1.807, 2.05) is 74.5 Å². The molecular formula is C28H40O10. The quantitative estimate of drug-likeness (QED) is 0.230. The topological polar surface area (TPSA) is 92.3 Å². The van der Waals surface area contributed by atoms with Gasteiger partial charge in [-0.3, -0.25) is 0 Å². The molecule has 1 fully saturated rings. The Balaban J connectivity index is 1.89. The van der Waals surface area contributed by atoms with Gasteiger partial charge in [0.25, 0.3) is 0 Å². The molecule has 10 heteroatoms. The first-order chi connectivity index (χ1) is 18.4. The average molecular weight is 537 g/mol. The van der Waals surface area contributed by atoms with Crippen LogP contribution >= 0.6 is 0 Å². The number of hydrogen-bond donors (Lipinski definition) is 0. The molecule has 1 aliphatic rings. The predicted molar refractivity (Wildman–Crippen MR) is 136 cm³/mol. The molecule has 0 amide bonds. The molecule has 6 atom stereocenters. The fourth-order valence-electron chi connectivity index (χ4n) is 4.41. The minimum absolute atomic E-state index is 0.247. The third-order valence-electron chi connectivity index (χ3n) is 6.00. The van der Waals surface area contributed by atoms with Gasteiger partial charge in [-0.15, -0.1) is 0 Å². The third kappa shape index (κ3) is 9.06. The molecule has 0 spiro atoms. The highest BCUT2D eigenvalue weighted by atomic mass is 17.2. The molecule has 0 saturated carbocycles. The van der Waals surface area contributed by atoms with Crippen LogP contribution in [0.4, 0.5) is 0 Å². The van der Waals surface area contributed by atoms with E-state index in [9.17, 15) is 0 Å². The molecule has 3 rings (SSSR count). The van der Waals surface area contributed by atoms with Gasteiger partial charge in [-0.05, 0) is 31.9 Å². The van der Waals surface area contributed by atoms with E-state index in [2.05, 4.69) is 0 Å². The maximum absolute atomic E-state index is 6.45. The lowest BCUT2D eigenvalue weighted by Gasteiger charge is -2.48. The molecule has 1 aliphatic heterocycles. The minimum Gasteiger partial charge on any atom is -0.374 e. The van der Waals surface area contributed by atoms with Gasteiger partial charge in [-0.1, -0.05) is 60.7 Å². The van der Waals surface area contributed by atoms with E-state index >= 15 is 0 Å². The summed E-state index contributed by atoms with van der Waals surface area (Å²) in [5.41, 5.74) is 2.04. The zero-order valence-electron chi connectivity index (χ0n) is 22.9. The molecule has 212 valence electrons. The average Bonchev–Trinajstić information content (AvgIpc) is 2.91. The first kappa shape index (κ1) is 30.6. The second-order valence-electron chi connectivity index (χ2n) is 9.32. The zero-order valence-corrected chi connectivity index (χ0v) is 22.9. The molecule has 0 radical (unpaired) electrons. The van der Waals surface area contributed by atoms with Crippen molar-refractivity contribution < 1.29 is 48.3 Å². The summed E-state index contributed by atoms with van der Waals surface area (Å²) in [6.07, 6.45) is -4.22. The van der Waals surface area contributed by atoms with Crippen LogP contribution in [0.3, 0.4) is 0 Å². The molecule has 1 saturated heterocycles. The van der Waals surface area contributed by atoms with Crippen LogP contribution in [0.5, 0.6) is 0 Å². The van der Waals surface area contributed by atoms with Crippen molar-refractivity contribution in [3.05, 3.63) is 71.8 Å². The summed E-state index contributed by atoms with van der Waals surface area (Å²) in [7, 11) is 4.21. The van der Waals surface area contributed by atoms with Crippen molar-refractivity contribution in [2.24, 2.45) is 0 Å². The van der Waals surface area contributed by atoms with Crippen molar-refractivity contribution in [1.29, 1.82) is 0 Å². The van der Waals surface area contributed by atoms with Gasteiger partial charge in [-0.25, -0.2) is 29.3 Å². The Morgan fingerprint density at radius 2 is 1.34 bits per heavy atom. The lowest BCUT2D eigenvalue weighted by molar-refractivity contribution is -0.442. The predicted octanol–water partition coefficient (Wildman–Crippen LogP) is 4.17. The Labute approximate surface area is 224 Å². The van der Waals surface area contributed by atoms with Crippen molar-refractivity contribution in [3.8, 4) is 0 Å². The molecule has 1 unspecified atom stereocenters. The van der Waals surface area contributed by atoms with Gasteiger partial charge >= 0.3 is 0 Å². The smallest absolute Gasteiger partial charge is 0.164 e. The summed E-state index contributed by atoms with van der Waals surface area (Å²) in [6, 6.07) is 19.8. The van der Waals surface area contributed by atoms with Gasteiger partial charge in [-0.2, -0.15) is 0 Å². The summed E-state index contributed by atoms with van der Waals surface area (Å²) in [5, 5.41) is 0. The standard InChI is InChI=1S/C28H40O10/c1-20(36-29-4)24(37-30-5)27(38-31-6)26-25(33-18-22-15-11-8-12-16-22)23(34-28(2,3)35-26)19-32-17-21-13-9-7-10-14-21/h7-16,20,23-27H,17-19H2,1-6H3/t20?,23-,24-,25+,26+,27+/m0/s1. The summed E-state index contributed by atoms with van der Waals surface area (Å²) >= 11 is 0. The molecule has 0 bridgehead atoms. The second-order valence-corrected chi connectivity index (χ2v) is 9.32. The Morgan fingerprint density at radius 3 is 1.92 bits per heavy atom. The van der Waals surface area contributed by atoms with E-state index < -0.39 is 42.4 Å². The maximum atomic E-state index is 6.45. The second kappa shape index (κ2) is 15.6. The number of ether oxygens (including phenoxy) is 4. The first-order valence-corrected chi connectivity index (χ1v) is 12.6. The summed E-state index contributed by atoms with van der Waals surface area (Å²) < 4.78 is 25.3. The van der Waals surface area contributed by atoms with Gasteiger partial charge < -0.3 is 18.9 Å². The first-order valence-electron chi connectivity index (χ1n) is 12.6. The summed E-state index contributed by atoms with van der Waals surface area (Å²) in [4.78, 5) is 31.7. The van der Waals surface area contributed by atoms with Crippen LogP contribution in [0.15, 0.2) is 60.7 Å². The van der Waals surface area contributed by atoms with Crippen LogP contribution in [-0.2, 0) is 61.5 Å². The number of rotatable bonds is 16. The van der Waals surface area contributed by atoms with E-state index in [1.54, 1.807) is 6.92 Å². The fourth-order valence-corrected chi connectivity index (χ4v) is 4.41. The van der Waals surface area contributed by atoms with Crippen molar-refractivity contribution in [1.82, 2.24) is 0 Å². The Bertz CT molecular complexity index is 897. The van der Waals surface area contributed by atoms with E-state index in [1.165, 1.54) is 21.3 Å². The molecular weight excluding hydrogens is 496 g/mol. The molecule has 38 heavy (non-hydrogen) atoms. The van der Waals surface area contributed by atoms with Gasteiger partial charge in [0, 0.05) is 0 Å². The van der Waals surface area contributed by atoms with Crippen LogP contribution in [0, 0.1) is 0 Å². The molecule has 0 N–H and O–H groups in total. The number of benzene rings is 2. The summed E-state index contributed by atoms with van der Waals surface area (Å²) in [5.74, 6) is -1.00. The highest BCUT2D eigenvalue weighted by molar-refractivity contribution is 5.14. The van der Waals surface area contributed by atoms with E-state index in [4.69, 9.17) is 48.3 Å². The molecule has 2 aromatic rings. The monoisotopic (exact) mass is 536 g/mol. The Hall–Kier alpha value is -1.96. The fraction of sp³-hybridized carbons (Fsp3) is 0.571. The van der Waals surface area contributed by atoms with Gasteiger partial charge in [0.15, 0.2) is 18.0 Å². The van der Waals surface area contributed by atoms with Crippen LogP contribution in [0.2, 0.25) is 0 Å². The largest absolute Gasteiger partial charge is 0.374 e. The molecule has 10 nitrogen and oxygen atoms in total. The highest BCUT2D eigenvalue weighted by Crippen LogP contribution is 2.35. The van der Waals surface area contributed by atoms with Gasteiger partial charge in [0.2, 0.25) is 0 Å². The molecule has 1 heterocycles. The SMILES string of the molecule is COOC(C)[C@H](OOC)[C@@H](OOC)[C@@H]1OC(C)(C)O[C@@H](COCc2ccccc2)[C@H]1OCc1ccccc1. The lowest BCUT2D eigenvalue weighted by atomic mass is 9.94. The summed E-state index contributed by atoms with van der Waals surface area (Å²) in [6.45, 7) is 6.38. The maximum Gasteiger partial charge on any atom is 0.164 e. The van der Waals surface area contributed by atoms with Crippen molar-refractivity contribution in [2.45, 2.75) is 76.4 Å². The number of hydrogen-bond acceptors (Lipinski definition) is 10. The van der Waals surface area contributed by atoms with Crippen molar-refractivity contribution in [2.75, 3.05) is 27.9 Å². The Kier molecular flexibility index (Phi) is 12.5. The minimum atomic E-state index is -1.00. The lowest BCUT2D eigenvalue weighted by Crippen LogP contribution is -2.63. The van der Waals surface area contributed by atoms with Crippen molar-refractivity contribution >= 4 is 0 Å². The van der Waals surface area contributed by atoms with Gasteiger partial charge in [0.05, 0.1) is 41.2 Å². The van der Waals surface area contributed by atoms with Crippen LogP contribution < -0.4 is 0 Å². The molecule has 0 aliphatic carbocycles. The highest BCUT2D eigenvalue weighted by Gasteiger charge is 2.52.